The van der Waals surface area contributed by atoms with Crippen molar-refractivity contribution in [3.05, 3.63) is 63.2 Å². The van der Waals surface area contributed by atoms with Crippen LogP contribution in [-0.4, -0.2) is 16.1 Å². The molecule has 0 bridgehead atoms. The molecule has 1 heterocycles. The van der Waals surface area contributed by atoms with Crippen molar-refractivity contribution in [1.29, 1.82) is 0 Å². The lowest BCUT2D eigenvalue weighted by atomic mass is 10.2. The summed E-state index contributed by atoms with van der Waals surface area (Å²) in [6.07, 6.45) is 1.43. The maximum Gasteiger partial charge on any atom is 0.270 e. The molecule has 0 fully saturated rings. The quantitative estimate of drug-likeness (QED) is 0.438. The van der Waals surface area contributed by atoms with Crippen molar-refractivity contribution in [1.82, 2.24) is 4.98 Å². The Hall–Kier alpha value is -2.51. The Balaban J connectivity index is 1.79. The molecule has 0 saturated carbocycles. The van der Waals surface area contributed by atoms with Crippen LogP contribution in [0.1, 0.15) is 5.56 Å². The molecule has 0 spiro atoms. The second kappa shape index (κ2) is 6.08. The molecule has 2 aromatic carbocycles. The lowest BCUT2D eigenvalue weighted by Gasteiger charge is -1.98. The van der Waals surface area contributed by atoms with Crippen LogP contribution in [0.5, 0.6) is 0 Å². The molecule has 8 heteroatoms. The Morgan fingerprint density at radius 3 is 2.91 bits per heavy atom. The monoisotopic (exact) mass is 332 g/mol. The van der Waals surface area contributed by atoms with E-state index in [0.29, 0.717) is 15.7 Å². The predicted molar refractivity (Wildman–Crippen MR) is 88.9 cm³/mol. The van der Waals surface area contributed by atoms with Crippen molar-refractivity contribution in [3.8, 4) is 0 Å². The average molecular weight is 333 g/mol. The van der Waals surface area contributed by atoms with Gasteiger partial charge in [0.1, 0.15) is 0 Å². The first-order valence-electron chi connectivity index (χ1n) is 6.22. The molecule has 0 aliphatic carbocycles. The summed E-state index contributed by atoms with van der Waals surface area (Å²) in [4.78, 5) is 14.6. The lowest BCUT2D eigenvalue weighted by Crippen LogP contribution is -1.93. The summed E-state index contributed by atoms with van der Waals surface area (Å²) in [6.45, 7) is 0. The van der Waals surface area contributed by atoms with Crippen molar-refractivity contribution < 1.29 is 4.92 Å². The zero-order chi connectivity index (χ0) is 15.5. The standard InChI is InChI=1S/C14H9ClN4O2S/c15-11-6-5-10(19(20)21)7-9(11)8-16-18-14-17-12-3-1-2-4-13(12)22-14/h1-8H,(H,17,18)/b16-8-. The molecule has 110 valence electrons. The normalized spacial score (nSPS) is 11.1. The number of nitrogens with zero attached hydrogens (tertiary/aromatic N) is 3. The molecule has 0 amide bonds. The van der Waals surface area contributed by atoms with Crippen LogP contribution >= 0.6 is 22.9 Å². The number of para-hydroxylation sites is 1. The van der Waals surface area contributed by atoms with Gasteiger partial charge in [-0.25, -0.2) is 4.98 Å². The van der Waals surface area contributed by atoms with Crippen LogP contribution in [-0.2, 0) is 0 Å². The van der Waals surface area contributed by atoms with E-state index in [1.807, 2.05) is 24.3 Å². The van der Waals surface area contributed by atoms with Crippen molar-refractivity contribution >= 4 is 50.2 Å². The maximum absolute atomic E-state index is 10.8. The first kappa shape index (κ1) is 14.4. The minimum atomic E-state index is -0.478. The minimum absolute atomic E-state index is 0.0363. The smallest absolute Gasteiger partial charge is 0.258 e. The van der Waals surface area contributed by atoms with E-state index in [-0.39, 0.29) is 5.69 Å². The fourth-order valence-electron chi connectivity index (χ4n) is 1.82. The molecule has 0 atom stereocenters. The number of hydrogen-bond acceptors (Lipinski definition) is 6. The number of anilines is 1. The lowest BCUT2D eigenvalue weighted by molar-refractivity contribution is -0.384. The summed E-state index contributed by atoms with van der Waals surface area (Å²) < 4.78 is 1.05. The third kappa shape index (κ3) is 3.05. The Labute approximate surface area is 134 Å². The molecule has 3 rings (SSSR count). The van der Waals surface area contributed by atoms with Crippen molar-refractivity contribution in [3.63, 3.8) is 0 Å². The van der Waals surface area contributed by atoms with Gasteiger partial charge in [0, 0.05) is 22.7 Å². The zero-order valence-corrected chi connectivity index (χ0v) is 12.6. The van der Waals surface area contributed by atoms with E-state index in [0.717, 1.165) is 10.2 Å². The highest BCUT2D eigenvalue weighted by atomic mass is 35.5. The van der Waals surface area contributed by atoms with E-state index in [2.05, 4.69) is 15.5 Å². The van der Waals surface area contributed by atoms with Gasteiger partial charge in [0.15, 0.2) is 0 Å². The van der Waals surface area contributed by atoms with Gasteiger partial charge in [0.25, 0.3) is 5.69 Å². The molecular formula is C14H9ClN4O2S. The molecular weight excluding hydrogens is 324 g/mol. The molecule has 0 saturated heterocycles. The Kier molecular flexibility index (Phi) is 3.99. The summed E-state index contributed by atoms with van der Waals surface area (Å²) in [5.41, 5.74) is 4.12. The number of non-ortho nitro benzene ring substituents is 1. The fourth-order valence-corrected chi connectivity index (χ4v) is 2.80. The molecule has 6 nitrogen and oxygen atoms in total. The van der Waals surface area contributed by atoms with Crippen LogP contribution in [0.25, 0.3) is 10.2 Å². The number of halogens is 1. The summed E-state index contributed by atoms with van der Waals surface area (Å²) in [6, 6.07) is 11.9. The maximum atomic E-state index is 10.8. The van der Waals surface area contributed by atoms with Gasteiger partial charge in [-0.15, -0.1) is 0 Å². The molecule has 1 aromatic heterocycles. The van der Waals surface area contributed by atoms with Crippen molar-refractivity contribution in [2.24, 2.45) is 5.10 Å². The highest BCUT2D eigenvalue weighted by molar-refractivity contribution is 7.22. The number of nitro benzene ring substituents is 1. The van der Waals surface area contributed by atoms with Gasteiger partial charge in [0.2, 0.25) is 5.13 Å². The fraction of sp³-hybridized carbons (Fsp3) is 0. The zero-order valence-electron chi connectivity index (χ0n) is 11.1. The number of thiazole rings is 1. The SMILES string of the molecule is O=[N+]([O-])c1ccc(Cl)c(/C=N\Nc2nc3ccccc3s2)c1. The molecule has 0 radical (unpaired) electrons. The van der Waals surface area contributed by atoms with Crippen LogP contribution in [0.4, 0.5) is 10.8 Å². The Morgan fingerprint density at radius 1 is 1.32 bits per heavy atom. The van der Waals surface area contributed by atoms with Crippen molar-refractivity contribution in [2.45, 2.75) is 0 Å². The first-order chi connectivity index (χ1) is 10.6. The van der Waals surface area contributed by atoms with Gasteiger partial charge in [0.05, 0.1) is 21.4 Å². The van der Waals surface area contributed by atoms with E-state index in [4.69, 9.17) is 11.6 Å². The van der Waals surface area contributed by atoms with E-state index < -0.39 is 4.92 Å². The Bertz CT molecular complexity index is 845. The summed E-state index contributed by atoms with van der Waals surface area (Å²) in [7, 11) is 0. The number of hydrazone groups is 1. The average Bonchev–Trinajstić information content (AvgIpc) is 2.91. The molecule has 1 N–H and O–H groups in total. The number of aromatic nitrogens is 1. The number of nitrogens with one attached hydrogen (secondary N) is 1. The van der Waals surface area contributed by atoms with Gasteiger partial charge in [-0.2, -0.15) is 5.10 Å². The highest BCUT2D eigenvalue weighted by Gasteiger charge is 2.08. The van der Waals surface area contributed by atoms with E-state index >= 15 is 0 Å². The van der Waals surface area contributed by atoms with Crippen LogP contribution < -0.4 is 5.43 Å². The molecule has 0 aliphatic heterocycles. The number of rotatable bonds is 4. The van der Waals surface area contributed by atoms with Crippen LogP contribution in [0.2, 0.25) is 5.02 Å². The van der Waals surface area contributed by atoms with E-state index in [9.17, 15) is 10.1 Å². The van der Waals surface area contributed by atoms with Crippen LogP contribution in [0.3, 0.4) is 0 Å². The van der Waals surface area contributed by atoms with E-state index in [1.54, 1.807) is 0 Å². The third-order valence-corrected chi connectivity index (χ3v) is 4.13. The number of benzene rings is 2. The summed E-state index contributed by atoms with van der Waals surface area (Å²) in [5.74, 6) is 0. The van der Waals surface area contributed by atoms with Gasteiger partial charge in [-0.1, -0.05) is 35.1 Å². The molecule has 3 aromatic rings. The Morgan fingerprint density at radius 2 is 2.14 bits per heavy atom. The highest BCUT2D eigenvalue weighted by Crippen LogP contribution is 2.25. The molecule has 0 unspecified atom stereocenters. The number of fused-ring (bicyclic) bond motifs is 1. The first-order valence-corrected chi connectivity index (χ1v) is 7.41. The van der Waals surface area contributed by atoms with Gasteiger partial charge in [-0.05, 0) is 18.2 Å². The molecule has 0 aliphatic rings. The van der Waals surface area contributed by atoms with Crippen molar-refractivity contribution in [2.75, 3.05) is 5.43 Å². The van der Waals surface area contributed by atoms with E-state index in [1.165, 1.54) is 35.8 Å². The number of hydrogen-bond donors (Lipinski definition) is 1. The molecule has 22 heavy (non-hydrogen) atoms. The van der Waals surface area contributed by atoms with Crippen LogP contribution in [0.15, 0.2) is 47.6 Å². The topological polar surface area (TPSA) is 80.4 Å². The summed E-state index contributed by atoms with van der Waals surface area (Å²) >= 11 is 7.46. The number of nitro groups is 1. The largest absolute Gasteiger partial charge is 0.270 e. The van der Waals surface area contributed by atoms with Gasteiger partial charge in [-0.3, -0.25) is 15.5 Å². The van der Waals surface area contributed by atoms with Gasteiger partial charge < -0.3 is 0 Å². The third-order valence-electron chi connectivity index (χ3n) is 2.85. The van der Waals surface area contributed by atoms with Gasteiger partial charge >= 0.3 is 0 Å². The minimum Gasteiger partial charge on any atom is -0.258 e. The van der Waals surface area contributed by atoms with Crippen LogP contribution in [0, 0.1) is 10.1 Å². The second-order valence-electron chi connectivity index (χ2n) is 4.32. The predicted octanol–water partition coefficient (Wildman–Crippen LogP) is 4.30. The second-order valence-corrected chi connectivity index (χ2v) is 5.76. The summed E-state index contributed by atoms with van der Waals surface area (Å²) in [5, 5.41) is 15.8.